The topological polar surface area (TPSA) is 29.5 Å². The van der Waals surface area contributed by atoms with E-state index in [1.54, 1.807) is 0 Å². The van der Waals surface area contributed by atoms with Crippen molar-refractivity contribution in [3.8, 4) is 0 Å². The van der Waals surface area contributed by atoms with Gasteiger partial charge in [-0.15, -0.1) is 0 Å². The lowest BCUT2D eigenvalue weighted by Crippen LogP contribution is -2.44. The van der Waals surface area contributed by atoms with Crippen LogP contribution in [0.2, 0.25) is 0 Å². The van der Waals surface area contributed by atoms with Crippen LogP contribution in [-0.4, -0.2) is 36.6 Å². The molecule has 0 amide bonds. The summed E-state index contributed by atoms with van der Waals surface area (Å²) < 4.78 is 4.77. The first kappa shape index (κ1) is 14.4. The number of methoxy groups -OCH3 is 1. The van der Waals surface area contributed by atoms with Crippen molar-refractivity contribution in [2.45, 2.75) is 59.0 Å². The molecule has 15 heavy (non-hydrogen) atoms. The largest absolute Gasteiger partial charge is 0.468 e. The molecule has 0 rings (SSSR count). The van der Waals surface area contributed by atoms with Crippen molar-refractivity contribution in [1.29, 1.82) is 0 Å². The van der Waals surface area contributed by atoms with Gasteiger partial charge in [0.25, 0.3) is 0 Å². The van der Waals surface area contributed by atoms with Crippen LogP contribution in [0.5, 0.6) is 0 Å². The van der Waals surface area contributed by atoms with Gasteiger partial charge in [0.1, 0.15) is 6.04 Å². The maximum absolute atomic E-state index is 11.4. The van der Waals surface area contributed by atoms with E-state index < -0.39 is 0 Å². The van der Waals surface area contributed by atoms with Gasteiger partial charge >= 0.3 is 5.97 Å². The molecule has 0 aliphatic heterocycles. The second-order valence-corrected chi connectivity index (χ2v) is 4.24. The predicted molar refractivity (Wildman–Crippen MR) is 62.8 cm³/mol. The van der Waals surface area contributed by atoms with Crippen molar-refractivity contribution in [3.63, 3.8) is 0 Å². The zero-order valence-electron chi connectivity index (χ0n) is 10.7. The van der Waals surface area contributed by atoms with Crippen molar-refractivity contribution < 1.29 is 9.53 Å². The predicted octanol–water partition coefficient (Wildman–Crippen LogP) is 2.45. The molecule has 3 heteroatoms. The standard InChI is InChI=1S/C12H25NO2/c1-6-7-8-9-13(10(2)3)11(4)12(14)15-5/h10-11H,6-9H2,1-5H3. The number of hydrogen-bond donors (Lipinski definition) is 0. The molecule has 1 unspecified atom stereocenters. The van der Waals surface area contributed by atoms with E-state index in [4.69, 9.17) is 4.74 Å². The van der Waals surface area contributed by atoms with Gasteiger partial charge in [-0.3, -0.25) is 9.69 Å². The van der Waals surface area contributed by atoms with Gasteiger partial charge in [0.05, 0.1) is 7.11 Å². The lowest BCUT2D eigenvalue weighted by Gasteiger charge is -2.30. The van der Waals surface area contributed by atoms with E-state index in [-0.39, 0.29) is 12.0 Å². The summed E-state index contributed by atoms with van der Waals surface area (Å²) in [6.07, 6.45) is 3.58. The SMILES string of the molecule is CCCCCN(C(C)C)C(C)C(=O)OC. The van der Waals surface area contributed by atoms with E-state index in [0.29, 0.717) is 6.04 Å². The Hall–Kier alpha value is -0.570. The van der Waals surface area contributed by atoms with Crippen molar-refractivity contribution >= 4 is 5.97 Å². The fourth-order valence-electron chi connectivity index (χ4n) is 1.75. The highest BCUT2D eigenvalue weighted by atomic mass is 16.5. The van der Waals surface area contributed by atoms with E-state index in [1.165, 1.54) is 20.0 Å². The molecule has 0 aromatic heterocycles. The average molecular weight is 215 g/mol. The molecular weight excluding hydrogens is 190 g/mol. The molecule has 0 heterocycles. The van der Waals surface area contributed by atoms with E-state index in [9.17, 15) is 4.79 Å². The summed E-state index contributed by atoms with van der Waals surface area (Å²) in [7, 11) is 1.45. The van der Waals surface area contributed by atoms with E-state index in [1.807, 2.05) is 6.92 Å². The lowest BCUT2D eigenvalue weighted by atomic mass is 10.1. The minimum absolute atomic E-state index is 0.133. The molecule has 0 fully saturated rings. The summed E-state index contributed by atoms with van der Waals surface area (Å²) in [6, 6.07) is 0.253. The molecule has 0 spiro atoms. The van der Waals surface area contributed by atoms with Gasteiger partial charge < -0.3 is 4.74 Å². The maximum atomic E-state index is 11.4. The molecule has 90 valence electrons. The number of nitrogens with zero attached hydrogens (tertiary/aromatic N) is 1. The fraction of sp³-hybridized carbons (Fsp3) is 0.917. The van der Waals surface area contributed by atoms with E-state index >= 15 is 0 Å². The van der Waals surface area contributed by atoms with Gasteiger partial charge in [-0.25, -0.2) is 0 Å². The Morgan fingerprint density at radius 1 is 1.27 bits per heavy atom. The van der Waals surface area contributed by atoms with Crippen LogP contribution in [0.3, 0.4) is 0 Å². The summed E-state index contributed by atoms with van der Waals surface area (Å²) in [4.78, 5) is 13.6. The summed E-state index contributed by atoms with van der Waals surface area (Å²) in [5.41, 5.74) is 0. The fourth-order valence-corrected chi connectivity index (χ4v) is 1.75. The van der Waals surface area contributed by atoms with Crippen LogP contribution in [0.4, 0.5) is 0 Å². The van der Waals surface area contributed by atoms with Crippen LogP contribution >= 0.6 is 0 Å². The monoisotopic (exact) mass is 215 g/mol. The van der Waals surface area contributed by atoms with Gasteiger partial charge in [-0.05, 0) is 33.7 Å². The summed E-state index contributed by atoms with van der Waals surface area (Å²) in [6.45, 7) is 9.31. The van der Waals surface area contributed by atoms with Gasteiger partial charge in [0, 0.05) is 6.04 Å². The molecule has 0 saturated carbocycles. The van der Waals surface area contributed by atoms with Crippen LogP contribution in [0.25, 0.3) is 0 Å². The van der Waals surface area contributed by atoms with Crippen LogP contribution in [-0.2, 0) is 9.53 Å². The molecule has 3 nitrogen and oxygen atoms in total. The number of unbranched alkanes of at least 4 members (excludes halogenated alkanes) is 2. The average Bonchev–Trinajstić information content (AvgIpc) is 2.22. The number of esters is 1. The zero-order chi connectivity index (χ0) is 11.8. The third-order valence-electron chi connectivity index (χ3n) is 2.72. The highest BCUT2D eigenvalue weighted by Gasteiger charge is 2.23. The Kier molecular flexibility index (Phi) is 7.39. The smallest absolute Gasteiger partial charge is 0.322 e. The molecule has 0 N–H and O–H groups in total. The number of ether oxygens (including phenoxy) is 1. The third kappa shape index (κ3) is 5.17. The zero-order valence-corrected chi connectivity index (χ0v) is 10.7. The lowest BCUT2D eigenvalue weighted by molar-refractivity contribution is -0.147. The second-order valence-electron chi connectivity index (χ2n) is 4.24. The first-order valence-electron chi connectivity index (χ1n) is 5.88. The molecule has 0 bridgehead atoms. The third-order valence-corrected chi connectivity index (χ3v) is 2.72. The Morgan fingerprint density at radius 3 is 2.27 bits per heavy atom. The molecule has 0 aliphatic rings. The van der Waals surface area contributed by atoms with Crippen LogP contribution < -0.4 is 0 Å². The summed E-state index contributed by atoms with van der Waals surface area (Å²) >= 11 is 0. The van der Waals surface area contributed by atoms with Crippen LogP contribution in [0.15, 0.2) is 0 Å². The Morgan fingerprint density at radius 2 is 1.87 bits per heavy atom. The highest BCUT2D eigenvalue weighted by Crippen LogP contribution is 2.09. The molecule has 0 radical (unpaired) electrons. The normalized spacial score (nSPS) is 13.3. The number of rotatable bonds is 7. The molecule has 1 atom stereocenters. The Balaban J connectivity index is 4.19. The van der Waals surface area contributed by atoms with Crippen molar-refractivity contribution in [2.75, 3.05) is 13.7 Å². The summed E-state index contributed by atoms with van der Waals surface area (Å²) in [5.74, 6) is -0.139. The summed E-state index contributed by atoms with van der Waals surface area (Å²) in [5, 5.41) is 0. The van der Waals surface area contributed by atoms with Gasteiger partial charge in [-0.2, -0.15) is 0 Å². The number of hydrogen-bond acceptors (Lipinski definition) is 3. The van der Waals surface area contributed by atoms with Crippen molar-refractivity contribution in [3.05, 3.63) is 0 Å². The molecule has 0 saturated heterocycles. The minimum Gasteiger partial charge on any atom is -0.468 e. The van der Waals surface area contributed by atoms with E-state index in [2.05, 4.69) is 25.7 Å². The van der Waals surface area contributed by atoms with E-state index in [0.717, 1.165) is 13.0 Å². The highest BCUT2D eigenvalue weighted by molar-refractivity contribution is 5.75. The molecule has 0 aromatic carbocycles. The second kappa shape index (κ2) is 7.69. The Labute approximate surface area is 93.8 Å². The minimum atomic E-state index is -0.139. The van der Waals surface area contributed by atoms with Crippen molar-refractivity contribution in [2.24, 2.45) is 0 Å². The first-order chi connectivity index (χ1) is 7.04. The van der Waals surface area contributed by atoms with Gasteiger partial charge in [0.15, 0.2) is 0 Å². The van der Waals surface area contributed by atoms with Gasteiger partial charge in [-0.1, -0.05) is 19.8 Å². The molecular formula is C12H25NO2. The molecule has 0 aliphatic carbocycles. The number of carbonyl (C=O) groups is 1. The van der Waals surface area contributed by atoms with Crippen LogP contribution in [0.1, 0.15) is 47.0 Å². The molecule has 0 aromatic rings. The number of carbonyl (C=O) groups excluding carboxylic acids is 1. The quantitative estimate of drug-likeness (QED) is 0.482. The van der Waals surface area contributed by atoms with Crippen LogP contribution in [0, 0.1) is 0 Å². The van der Waals surface area contributed by atoms with Crippen molar-refractivity contribution in [1.82, 2.24) is 4.90 Å². The first-order valence-corrected chi connectivity index (χ1v) is 5.88. The maximum Gasteiger partial charge on any atom is 0.322 e. The Bertz CT molecular complexity index is 180. The van der Waals surface area contributed by atoms with Gasteiger partial charge in [0.2, 0.25) is 0 Å².